The number of hydrogen-bond acceptors (Lipinski definition) is 13. The SMILES string of the molecule is C=C[C@H](O)CC(=NOS(=O)(=O)O)S[C@@H]1O[C@H](CO)[C@@H](O)[C@H](O)[C@H]1O.N=C=S.c1ccc2[nH]ccc2c1. The smallest absolute Gasteiger partial charge is 0.394 e. The minimum Gasteiger partial charge on any atom is -0.394 e. The maximum atomic E-state index is 10.6. The Labute approximate surface area is 216 Å². The van der Waals surface area contributed by atoms with Crippen molar-refractivity contribution in [1.82, 2.24) is 4.98 Å². The largest absolute Gasteiger partial charge is 0.466 e. The molecule has 1 aromatic carbocycles. The molecule has 0 unspecified atom stereocenters. The van der Waals surface area contributed by atoms with Gasteiger partial charge in [0, 0.05) is 18.1 Å². The first-order valence-electron chi connectivity index (χ1n) is 10.0. The Morgan fingerprint density at radius 2 is 1.94 bits per heavy atom. The van der Waals surface area contributed by atoms with E-state index in [0.29, 0.717) is 11.8 Å². The summed E-state index contributed by atoms with van der Waals surface area (Å²) in [5, 5.41) is 59.5. The number of oxime groups is 1. The van der Waals surface area contributed by atoms with Gasteiger partial charge >= 0.3 is 10.4 Å². The maximum Gasteiger partial charge on any atom is 0.466 e. The van der Waals surface area contributed by atoms with Crippen LogP contribution in [-0.2, 0) is 19.4 Å². The van der Waals surface area contributed by atoms with Crippen molar-refractivity contribution in [3.63, 3.8) is 0 Å². The van der Waals surface area contributed by atoms with Gasteiger partial charge in [0.2, 0.25) is 0 Å². The molecule has 1 saturated heterocycles. The Balaban J connectivity index is 0.000000438. The van der Waals surface area contributed by atoms with Crippen molar-refractivity contribution in [3.8, 4) is 0 Å². The Morgan fingerprint density at radius 1 is 1.31 bits per heavy atom. The fourth-order valence-electron chi connectivity index (χ4n) is 2.75. The van der Waals surface area contributed by atoms with Crippen LogP contribution in [0.3, 0.4) is 0 Å². The van der Waals surface area contributed by atoms with Crippen LogP contribution in [0, 0.1) is 5.41 Å². The van der Waals surface area contributed by atoms with E-state index in [2.05, 4.69) is 51.4 Å². The third-order valence-corrected chi connectivity index (χ3v) is 5.85. The van der Waals surface area contributed by atoms with Crippen molar-refractivity contribution in [2.24, 2.45) is 5.16 Å². The van der Waals surface area contributed by atoms with Crippen molar-refractivity contribution >= 4 is 55.5 Å². The van der Waals surface area contributed by atoms with E-state index in [1.54, 1.807) is 5.16 Å². The van der Waals surface area contributed by atoms with E-state index in [4.69, 9.17) is 19.8 Å². The monoisotopic (exact) mass is 565 g/mol. The number of aliphatic hydroxyl groups excluding tert-OH is 5. The summed E-state index contributed by atoms with van der Waals surface area (Å²) in [6, 6.07) is 10.3. The lowest BCUT2D eigenvalue weighted by molar-refractivity contribution is -0.205. The van der Waals surface area contributed by atoms with E-state index in [1.807, 2.05) is 18.3 Å². The number of thiocarbonyl (C=S) groups is 1. The standard InChI is InChI=1S/C11H19NO10S2.C8H7N.CHNS/c1-2-5(14)3-7(12-22-24(18,19)20)23-11-10(17)9(16)8(15)6(4-13)21-11;1-2-4-8-7(3-1)5-6-9-8;2-1-3/h2,5-6,8-11,13-17H,1,3-4H2,(H,18,19,20);1-6,9H;2H/t5-,6+,8+,9-,10+,11-;;/m0../s1. The lowest BCUT2D eigenvalue weighted by Gasteiger charge is -2.39. The van der Waals surface area contributed by atoms with Crippen LogP contribution < -0.4 is 0 Å². The molecule has 0 radical (unpaired) electrons. The lowest BCUT2D eigenvalue weighted by Crippen LogP contribution is -2.57. The van der Waals surface area contributed by atoms with Crippen LogP contribution in [0.25, 0.3) is 10.9 Å². The molecule has 13 nitrogen and oxygen atoms in total. The van der Waals surface area contributed by atoms with Gasteiger partial charge in [-0.2, -0.15) is 8.42 Å². The van der Waals surface area contributed by atoms with Gasteiger partial charge in [0.25, 0.3) is 0 Å². The van der Waals surface area contributed by atoms with E-state index in [-0.39, 0.29) is 11.5 Å². The number of thioether (sulfide) groups is 1. The molecule has 0 spiro atoms. The summed E-state index contributed by atoms with van der Waals surface area (Å²) in [7, 11) is -4.89. The number of aromatic nitrogens is 1. The van der Waals surface area contributed by atoms with Crippen LogP contribution in [0.5, 0.6) is 0 Å². The van der Waals surface area contributed by atoms with Crippen LogP contribution in [-0.4, -0.2) is 96.3 Å². The zero-order valence-corrected chi connectivity index (χ0v) is 21.1. The summed E-state index contributed by atoms with van der Waals surface area (Å²) in [4.78, 5) is 3.12. The molecule has 1 aliphatic rings. The molecule has 2 heterocycles. The van der Waals surface area contributed by atoms with Crippen molar-refractivity contribution in [2.45, 2.75) is 42.4 Å². The summed E-state index contributed by atoms with van der Waals surface area (Å²) in [6.07, 6.45) is -4.35. The number of aromatic amines is 1. The summed E-state index contributed by atoms with van der Waals surface area (Å²) in [5.74, 6) is 0. The number of rotatable bonds is 7. The molecule has 3 rings (SSSR count). The Hall–Kier alpha value is -2.21. The number of ether oxygens (including phenoxy) is 1. The Morgan fingerprint density at radius 3 is 2.50 bits per heavy atom. The number of fused-ring (bicyclic) bond motifs is 1. The number of H-pyrrole nitrogens is 1. The van der Waals surface area contributed by atoms with Gasteiger partial charge in [-0.1, -0.05) is 41.2 Å². The molecule has 8 N–H and O–H groups in total. The molecule has 0 amide bonds. The molecule has 0 saturated carbocycles. The van der Waals surface area contributed by atoms with Crippen LogP contribution in [0.2, 0.25) is 0 Å². The van der Waals surface area contributed by atoms with Gasteiger partial charge in [-0.25, -0.2) is 9.69 Å². The number of isothiocyanates is 1. The number of benzene rings is 1. The summed E-state index contributed by atoms with van der Waals surface area (Å²) < 4.78 is 38.8. The number of para-hydroxylation sites is 1. The minimum absolute atomic E-state index is 0.218. The van der Waals surface area contributed by atoms with Gasteiger partial charge in [-0.3, -0.25) is 4.55 Å². The molecule has 2 aromatic rings. The van der Waals surface area contributed by atoms with E-state index >= 15 is 0 Å². The molecule has 16 heteroatoms. The molecule has 1 aliphatic heterocycles. The van der Waals surface area contributed by atoms with Gasteiger partial charge in [-0.15, -0.1) is 6.58 Å². The number of nitrogens with one attached hydrogen (secondary N) is 2. The maximum absolute atomic E-state index is 10.6. The quantitative estimate of drug-likeness (QED) is 0.0571. The molecule has 36 heavy (non-hydrogen) atoms. The number of aliphatic hydroxyl groups is 5. The molecule has 0 aliphatic carbocycles. The molecule has 200 valence electrons. The van der Waals surface area contributed by atoms with Gasteiger partial charge in [-0.05, 0) is 29.7 Å². The van der Waals surface area contributed by atoms with Crippen molar-refractivity contribution in [3.05, 3.63) is 49.2 Å². The number of hydrogen-bond donors (Lipinski definition) is 8. The van der Waals surface area contributed by atoms with Gasteiger partial charge in [0.1, 0.15) is 34.9 Å². The first kappa shape index (κ1) is 31.8. The van der Waals surface area contributed by atoms with Crippen molar-refractivity contribution in [1.29, 1.82) is 5.41 Å². The third-order valence-electron chi connectivity index (χ3n) is 4.45. The molecular weight excluding hydrogens is 538 g/mol. The predicted molar refractivity (Wildman–Crippen MR) is 136 cm³/mol. The van der Waals surface area contributed by atoms with Gasteiger partial charge < -0.3 is 35.3 Å². The normalized spacial score (nSPS) is 24.8. The highest BCUT2D eigenvalue weighted by Gasteiger charge is 2.44. The van der Waals surface area contributed by atoms with Crippen LogP contribution in [0.15, 0.2) is 54.3 Å². The second kappa shape index (κ2) is 15.8. The van der Waals surface area contributed by atoms with Crippen molar-refractivity contribution in [2.75, 3.05) is 6.61 Å². The average molecular weight is 566 g/mol. The van der Waals surface area contributed by atoms with Crippen molar-refractivity contribution < 1.29 is 47.5 Å². The molecule has 1 aromatic heterocycles. The lowest BCUT2D eigenvalue weighted by atomic mass is 10.0. The molecular formula is C20H27N3O10S3. The molecule has 0 bridgehead atoms. The fourth-order valence-corrected chi connectivity index (χ4v) is 4.10. The highest BCUT2D eigenvalue weighted by atomic mass is 32.3. The first-order chi connectivity index (χ1) is 17.0. The van der Waals surface area contributed by atoms with Gasteiger partial charge in [0.15, 0.2) is 0 Å². The zero-order chi connectivity index (χ0) is 27.3. The van der Waals surface area contributed by atoms with E-state index in [0.717, 1.165) is 6.08 Å². The third kappa shape index (κ3) is 10.8. The summed E-state index contributed by atoms with van der Waals surface area (Å²) in [5.41, 5.74) is -0.0567. The van der Waals surface area contributed by atoms with Gasteiger partial charge in [0.05, 0.1) is 17.9 Å². The zero-order valence-electron chi connectivity index (χ0n) is 18.6. The van der Waals surface area contributed by atoms with E-state index < -0.39 is 53.0 Å². The summed E-state index contributed by atoms with van der Waals surface area (Å²) >= 11 is 4.38. The Kier molecular flexibility index (Phi) is 14.0. The summed E-state index contributed by atoms with van der Waals surface area (Å²) in [6.45, 7) is 2.67. The van der Waals surface area contributed by atoms with Crippen LogP contribution in [0.1, 0.15) is 6.42 Å². The topological polar surface area (TPSA) is 226 Å². The minimum atomic E-state index is -4.89. The highest BCUT2D eigenvalue weighted by molar-refractivity contribution is 8.14. The highest BCUT2D eigenvalue weighted by Crippen LogP contribution is 2.30. The fraction of sp³-hybridized carbons (Fsp3) is 0.400. The molecule has 1 fully saturated rings. The second-order valence-corrected chi connectivity index (χ2v) is 9.36. The second-order valence-electron chi connectivity index (χ2n) is 6.98. The first-order valence-corrected chi connectivity index (χ1v) is 12.7. The average Bonchev–Trinajstić information content (AvgIpc) is 3.32. The Bertz CT molecular complexity index is 1090. The van der Waals surface area contributed by atoms with Crippen LogP contribution in [0.4, 0.5) is 0 Å². The van der Waals surface area contributed by atoms with Crippen LogP contribution >= 0.6 is 24.0 Å². The predicted octanol–water partition coefficient (Wildman–Crippen LogP) is 0.425. The van der Waals surface area contributed by atoms with E-state index in [1.165, 1.54) is 10.9 Å². The van der Waals surface area contributed by atoms with E-state index in [9.17, 15) is 28.8 Å². The number of nitrogens with zero attached hydrogens (tertiary/aromatic N) is 1. The molecule has 6 atom stereocenters.